The second-order valence-corrected chi connectivity index (χ2v) is 7.64. The molecule has 2 aromatic carbocycles. The van der Waals surface area contributed by atoms with Crippen molar-refractivity contribution < 1.29 is 4.79 Å². The van der Waals surface area contributed by atoms with E-state index in [0.717, 1.165) is 29.2 Å². The molecule has 0 spiro atoms. The summed E-state index contributed by atoms with van der Waals surface area (Å²) in [4.78, 5) is 15.0. The topological polar surface area (TPSA) is 44.4 Å². The number of hydrogen-bond acceptors (Lipinski definition) is 3. The van der Waals surface area contributed by atoms with Gasteiger partial charge in [0.05, 0.1) is 11.4 Å². The second-order valence-electron chi connectivity index (χ2n) is 7.23. The van der Waals surface area contributed by atoms with E-state index >= 15 is 0 Å². The molecule has 1 unspecified atom stereocenters. The predicted molar refractivity (Wildman–Crippen MR) is 106 cm³/mol. The maximum absolute atomic E-state index is 12.9. The Hall–Kier alpha value is -2.20. The van der Waals surface area contributed by atoms with Crippen LogP contribution >= 0.6 is 11.6 Å². The third-order valence-electron chi connectivity index (χ3n) is 4.62. The highest BCUT2D eigenvalue weighted by Crippen LogP contribution is 2.35. The van der Waals surface area contributed by atoms with E-state index in [1.165, 1.54) is 0 Å². The summed E-state index contributed by atoms with van der Waals surface area (Å²) < 4.78 is 0. The van der Waals surface area contributed by atoms with E-state index in [1.54, 1.807) is 0 Å². The zero-order valence-electron chi connectivity index (χ0n) is 15.1. The summed E-state index contributed by atoms with van der Waals surface area (Å²) in [6.07, 6.45) is 0. The first-order valence-electron chi connectivity index (χ1n) is 8.48. The van der Waals surface area contributed by atoms with Gasteiger partial charge in [-0.2, -0.15) is 0 Å². The molecule has 0 saturated carbocycles. The van der Waals surface area contributed by atoms with Gasteiger partial charge in [-0.3, -0.25) is 4.79 Å². The van der Waals surface area contributed by atoms with Crippen LogP contribution in [0.4, 0.5) is 17.1 Å². The molecule has 1 aliphatic rings. The van der Waals surface area contributed by atoms with Crippen LogP contribution < -0.4 is 15.5 Å². The van der Waals surface area contributed by atoms with Crippen molar-refractivity contribution in [1.29, 1.82) is 0 Å². The minimum atomic E-state index is -0.305. The zero-order valence-corrected chi connectivity index (χ0v) is 15.8. The Morgan fingerprint density at radius 3 is 2.72 bits per heavy atom. The van der Waals surface area contributed by atoms with Gasteiger partial charge >= 0.3 is 0 Å². The predicted octanol–water partition coefficient (Wildman–Crippen LogP) is 4.69. The number of carbonyl (C=O) groups is 1. The number of fused-ring (bicyclic) bond motifs is 1. The zero-order chi connectivity index (χ0) is 18.2. The van der Waals surface area contributed by atoms with E-state index in [9.17, 15) is 4.79 Å². The number of carbonyl (C=O) groups excluding carboxylic acids is 1. The van der Waals surface area contributed by atoms with E-state index in [1.807, 2.05) is 50.2 Å². The minimum absolute atomic E-state index is 0.0436. The molecule has 0 aromatic heterocycles. The third kappa shape index (κ3) is 3.59. The van der Waals surface area contributed by atoms with E-state index in [2.05, 4.69) is 35.4 Å². The van der Waals surface area contributed by atoms with Crippen molar-refractivity contribution in [2.24, 2.45) is 0 Å². The number of hydrogen-bond donors (Lipinski definition) is 2. The summed E-state index contributed by atoms with van der Waals surface area (Å²) in [5.41, 5.74) is 3.62. The van der Waals surface area contributed by atoms with Crippen molar-refractivity contribution >= 4 is 34.6 Å². The number of benzene rings is 2. The molecule has 0 radical (unpaired) electrons. The lowest BCUT2D eigenvalue weighted by atomic mass is 9.97. The van der Waals surface area contributed by atoms with Crippen LogP contribution in [0.3, 0.4) is 0 Å². The van der Waals surface area contributed by atoms with Crippen molar-refractivity contribution in [2.45, 2.75) is 39.3 Å². The van der Waals surface area contributed by atoms with Gasteiger partial charge < -0.3 is 15.5 Å². The lowest BCUT2D eigenvalue weighted by molar-refractivity contribution is -0.117. The van der Waals surface area contributed by atoms with Gasteiger partial charge in [0.25, 0.3) is 0 Å². The second kappa shape index (κ2) is 6.60. The molecule has 1 amide bonds. The highest BCUT2D eigenvalue weighted by molar-refractivity contribution is 6.31. The van der Waals surface area contributed by atoms with Crippen LogP contribution in [0.1, 0.15) is 26.3 Å². The fourth-order valence-electron chi connectivity index (χ4n) is 3.21. The van der Waals surface area contributed by atoms with Crippen molar-refractivity contribution in [3.63, 3.8) is 0 Å². The molecular weight excluding hydrogens is 334 g/mol. The van der Waals surface area contributed by atoms with Crippen LogP contribution in [0.2, 0.25) is 5.02 Å². The molecule has 25 heavy (non-hydrogen) atoms. The lowest BCUT2D eigenvalue weighted by Gasteiger charge is -2.44. The van der Waals surface area contributed by atoms with Crippen LogP contribution in [0.15, 0.2) is 42.5 Å². The molecule has 1 atom stereocenters. The first-order chi connectivity index (χ1) is 11.8. The van der Waals surface area contributed by atoms with Crippen LogP contribution in [-0.2, 0) is 4.79 Å². The monoisotopic (exact) mass is 357 g/mol. The van der Waals surface area contributed by atoms with Crippen LogP contribution in [-0.4, -0.2) is 24.0 Å². The average molecular weight is 358 g/mol. The van der Waals surface area contributed by atoms with Gasteiger partial charge in [-0.05, 0) is 57.5 Å². The fourth-order valence-corrected chi connectivity index (χ4v) is 3.39. The standard InChI is InChI=1S/C20H24ClN3O/c1-13-15(21)8-7-10-16(13)22-19(25)14(2)24-12-20(3,4)23-17-9-5-6-11-18(17)24/h5-11,14,23H,12H2,1-4H3,(H,22,25). The smallest absolute Gasteiger partial charge is 0.246 e. The van der Waals surface area contributed by atoms with Crippen LogP contribution in [0, 0.1) is 6.92 Å². The van der Waals surface area contributed by atoms with Gasteiger partial charge in [0, 0.05) is 22.8 Å². The molecule has 2 aromatic rings. The summed E-state index contributed by atoms with van der Waals surface area (Å²) >= 11 is 6.16. The van der Waals surface area contributed by atoms with Gasteiger partial charge in [-0.1, -0.05) is 29.8 Å². The molecular formula is C20H24ClN3O. The number of nitrogens with zero attached hydrogens (tertiary/aromatic N) is 1. The quantitative estimate of drug-likeness (QED) is 0.837. The Morgan fingerprint density at radius 2 is 1.96 bits per heavy atom. The summed E-state index contributed by atoms with van der Waals surface area (Å²) in [6.45, 7) is 8.87. The number of halogens is 1. The van der Waals surface area contributed by atoms with E-state index < -0.39 is 0 Å². The summed E-state index contributed by atoms with van der Waals surface area (Å²) in [5.74, 6) is -0.0436. The number of para-hydroxylation sites is 2. The molecule has 3 rings (SSSR count). The molecule has 0 aliphatic carbocycles. The Labute approximate surface area is 154 Å². The molecule has 0 bridgehead atoms. The molecule has 2 N–H and O–H groups in total. The normalized spacial score (nSPS) is 16.6. The van der Waals surface area contributed by atoms with Crippen molar-refractivity contribution in [2.75, 3.05) is 22.1 Å². The SMILES string of the molecule is Cc1c(Cl)cccc1NC(=O)C(C)N1CC(C)(C)Nc2ccccc21. The number of nitrogens with one attached hydrogen (secondary N) is 2. The van der Waals surface area contributed by atoms with Crippen LogP contribution in [0.25, 0.3) is 0 Å². The third-order valence-corrected chi connectivity index (χ3v) is 5.03. The van der Waals surface area contributed by atoms with Crippen molar-refractivity contribution in [3.05, 3.63) is 53.1 Å². The number of amides is 1. The Kier molecular flexibility index (Phi) is 4.65. The van der Waals surface area contributed by atoms with Crippen molar-refractivity contribution in [1.82, 2.24) is 0 Å². The largest absolute Gasteiger partial charge is 0.377 e. The highest BCUT2D eigenvalue weighted by atomic mass is 35.5. The van der Waals surface area contributed by atoms with E-state index in [-0.39, 0.29) is 17.5 Å². The van der Waals surface area contributed by atoms with E-state index in [4.69, 9.17) is 11.6 Å². The highest BCUT2D eigenvalue weighted by Gasteiger charge is 2.34. The lowest BCUT2D eigenvalue weighted by Crippen LogP contribution is -2.54. The maximum Gasteiger partial charge on any atom is 0.246 e. The van der Waals surface area contributed by atoms with Gasteiger partial charge in [-0.15, -0.1) is 0 Å². The van der Waals surface area contributed by atoms with Crippen molar-refractivity contribution in [3.8, 4) is 0 Å². The van der Waals surface area contributed by atoms with Gasteiger partial charge in [0.2, 0.25) is 5.91 Å². The van der Waals surface area contributed by atoms with Gasteiger partial charge in [0.15, 0.2) is 0 Å². The van der Waals surface area contributed by atoms with Gasteiger partial charge in [0.1, 0.15) is 6.04 Å². The average Bonchev–Trinajstić information content (AvgIpc) is 2.56. The first-order valence-corrected chi connectivity index (χ1v) is 8.86. The molecule has 0 fully saturated rings. The van der Waals surface area contributed by atoms with E-state index in [0.29, 0.717) is 5.02 Å². The summed E-state index contributed by atoms with van der Waals surface area (Å²) in [6, 6.07) is 13.3. The van der Waals surface area contributed by atoms with Gasteiger partial charge in [-0.25, -0.2) is 0 Å². The molecule has 1 aliphatic heterocycles. The molecule has 4 nitrogen and oxygen atoms in total. The molecule has 1 heterocycles. The Balaban J connectivity index is 1.86. The first kappa shape index (κ1) is 17.6. The summed E-state index contributed by atoms with van der Waals surface area (Å²) in [5, 5.41) is 7.21. The summed E-state index contributed by atoms with van der Waals surface area (Å²) in [7, 11) is 0. The molecule has 0 saturated heterocycles. The maximum atomic E-state index is 12.9. The number of anilines is 3. The Morgan fingerprint density at radius 1 is 1.24 bits per heavy atom. The minimum Gasteiger partial charge on any atom is -0.377 e. The Bertz CT molecular complexity index is 803. The molecule has 5 heteroatoms. The number of rotatable bonds is 3. The molecule has 132 valence electrons. The fraction of sp³-hybridized carbons (Fsp3) is 0.350. The van der Waals surface area contributed by atoms with Crippen LogP contribution in [0.5, 0.6) is 0 Å².